The second-order valence-corrected chi connectivity index (χ2v) is 8.55. The highest BCUT2D eigenvalue weighted by atomic mass is 32.2. The van der Waals surface area contributed by atoms with E-state index in [9.17, 15) is 12.8 Å². The Morgan fingerprint density at radius 3 is 2.43 bits per heavy atom. The van der Waals surface area contributed by atoms with E-state index in [4.69, 9.17) is 8.92 Å². The van der Waals surface area contributed by atoms with Gasteiger partial charge in [0.15, 0.2) is 5.03 Å². The molecule has 0 bridgehead atoms. The van der Waals surface area contributed by atoms with Crippen molar-refractivity contribution in [3.05, 3.63) is 77.5 Å². The van der Waals surface area contributed by atoms with Crippen LogP contribution >= 0.6 is 0 Å². The summed E-state index contributed by atoms with van der Waals surface area (Å²) in [4.78, 5) is 4.54. The molecule has 0 aliphatic rings. The van der Waals surface area contributed by atoms with Gasteiger partial charge in [0.2, 0.25) is 0 Å². The number of imidazole rings is 1. The van der Waals surface area contributed by atoms with E-state index in [1.54, 1.807) is 4.57 Å². The Morgan fingerprint density at radius 2 is 1.80 bits per heavy atom. The molecule has 0 N–H and O–H groups in total. The summed E-state index contributed by atoms with van der Waals surface area (Å²) < 4.78 is 52.2. The van der Waals surface area contributed by atoms with Gasteiger partial charge in [-0.25, -0.2) is 9.37 Å². The Bertz CT molecular complexity index is 1100. The summed E-state index contributed by atoms with van der Waals surface area (Å²) in [5.74, 6) is -0.327. The van der Waals surface area contributed by atoms with Crippen LogP contribution in [0, 0.1) is 5.82 Å². The third-order valence-corrected chi connectivity index (χ3v) is 5.78. The topological polar surface area (TPSA) is 70.4 Å². The number of aromatic nitrogens is 2. The Balaban J connectivity index is 1.90. The molecule has 0 saturated heterocycles. The highest BCUT2D eigenvalue weighted by Gasteiger charge is 2.31. The molecule has 1 heterocycles. The van der Waals surface area contributed by atoms with Gasteiger partial charge in [0.1, 0.15) is 24.0 Å². The van der Waals surface area contributed by atoms with Crippen molar-refractivity contribution in [2.24, 2.45) is 0 Å². The van der Waals surface area contributed by atoms with Gasteiger partial charge >= 0.3 is 10.1 Å². The number of nitrogens with zero attached hydrogens (tertiary/aromatic N) is 2. The molecule has 2 aromatic carbocycles. The number of halogens is 1. The fraction of sp³-hybridized carbons (Fsp3) is 0.318. The predicted octanol–water partition coefficient (Wildman–Crippen LogP) is 4.65. The Hall–Kier alpha value is -2.71. The van der Waals surface area contributed by atoms with Crippen LogP contribution in [-0.2, 0) is 34.6 Å². The first kappa shape index (κ1) is 22.0. The molecule has 160 valence electrons. The molecule has 0 radical (unpaired) electrons. The van der Waals surface area contributed by atoms with Gasteiger partial charge in [-0.3, -0.25) is 0 Å². The van der Waals surface area contributed by atoms with E-state index in [1.807, 2.05) is 51.1 Å². The van der Waals surface area contributed by atoms with Gasteiger partial charge in [0.25, 0.3) is 0 Å². The van der Waals surface area contributed by atoms with E-state index in [0.717, 1.165) is 11.6 Å². The van der Waals surface area contributed by atoms with E-state index >= 15 is 0 Å². The quantitative estimate of drug-likeness (QED) is 0.460. The van der Waals surface area contributed by atoms with Gasteiger partial charge in [0.05, 0.1) is 12.3 Å². The van der Waals surface area contributed by atoms with Crippen molar-refractivity contribution in [3.8, 4) is 5.75 Å². The van der Waals surface area contributed by atoms with Crippen molar-refractivity contribution >= 4 is 10.1 Å². The smallest absolute Gasteiger partial charge is 0.357 e. The highest BCUT2D eigenvalue weighted by molar-refractivity contribution is 7.87. The van der Waals surface area contributed by atoms with Crippen LogP contribution in [0.4, 0.5) is 4.39 Å². The third-order valence-electron chi connectivity index (χ3n) is 4.47. The number of ether oxygens (including phenoxy) is 1. The van der Waals surface area contributed by atoms with Crippen molar-refractivity contribution in [2.75, 3.05) is 0 Å². The van der Waals surface area contributed by atoms with Gasteiger partial charge in [0, 0.05) is 12.6 Å². The largest absolute Gasteiger partial charge is 0.378 e. The summed E-state index contributed by atoms with van der Waals surface area (Å²) >= 11 is 0. The summed E-state index contributed by atoms with van der Waals surface area (Å²) in [6.45, 7) is 6.45. The maximum atomic E-state index is 13.5. The van der Waals surface area contributed by atoms with Crippen LogP contribution in [0.25, 0.3) is 0 Å². The second-order valence-electron chi connectivity index (χ2n) is 7.09. The highest BCUT2D eigenvalue weighted by Crippen LogP contribution is 2.28. The SMILES string of the molecule is CCn1c(COCc2ccccc2)nc(C(C)C)c1S(=O)(=O)Oc1cccc(F)c1. The van der Waals surface area contributed by atoms with Crippen molar-refractivity contribution in [2.45, 2.75) is 51.5 Å². The van der Waals surface area contributed by atoms with E-state index in [2.05, 4.69) is 4.98 Å². The molecule has 3 rings (SSSR count). The van der Waals surface area contributed by atoms with Crippen molar-refractivity contribution in [1.82, 2.24) is 9.55 Å². The molecule has 8 heteroatoms. The lowest BCUT2D eigenvalue weighted by molar-refractivity contribution is 0.0989. The summed E-state index contributed by atoms with van der Waals surface area (Å²) in [7, 11) is -4.23. The summed E-state index contributed by atoms with van der Waals surface area (Å²) in [6.07, 6.45) is 0. The van der Waals surface area contributed by atoms with Crippen LogP contribution in [0.5, 0.6) is 5.75 Å². The monoisotopic (exact) mass is 432 g/mol. The lowest BCUT2D eigenvalue weighted by Gasteiger charge is -2.13. The standard InChI is InChI=1S/C22H25FN2O4S/c1-4-25-20(15-28-14-17-9-6-5-7-10-17)24-21(16(2)3)22(25)30(26,27)29-19-12-8-11-18(23)13-19/h5-13,16H,4,14-15H2,1-3H3. The number of rotatable bonds is 9. The minimum Gasteiger partial charge on any atom is -0.378 e. The molecule has 0 atom stereocenters. The molecule has 0 amide bonds. The summed E-state index contributed by atoms with van der Waals surface area (Å²) in [6, 6.07) is 14.7. The number of hydrogen-bond donors (Lipinski definition) is 0. The minimum absolute atomic E-state index is 0.0254. The maximum absolute atomic E-state index is 13.5. The first-order valence-corrected chi connectivity index (χ1v) is 11.1. The van der Waals surface area contributed by atoms with E-state index in [1.165, 1.54) is 18.2 Å². The van der Waals surface area contributed by atoms with E-state index in [0.29, 0.717) is 24.7 Å². The molecule has 1 aromatic heterocycles. The number of hydrogen-bond acceptors (Lipinski definition) is 5. The average molecular weight is 433 g/mol. The summed E-state index contributed by atoms with van der Waals surface area (Å²) in [5, 5.41) is -0.0254. The van der Waals surface area contributed by atoms with Gasteiger partial charge in [-0.1, -0.05) is 50.2 Å². The second kappa shape index (κ2) is 9.40. The normalized spacial score (nSPS) is 11.8. The molecule has 0 aliphatic heterocycles. The zero-order valence-electron chi connectivity index (χ0n) is 17.2. The first-order chi connectivity index (χ1) is 14.3. The fourth-order valence-corrected chi connectivity index (χ4v) is 4.58. The van der Waals surface area contributed by atoms with Crippen LogP contribution < -0.4 is 4.18 Å². The minimum atomic E-state index is -4.23. The zero-order valence-corrected chi connectivity index (χ0v) is 18.0. The third kappa shape index (κ3) is 5.06. The molecule has 30 heavy (non-hydrogen) atoms. The molecule has 0 fully saturated rings. The molecular weight excluding hydrogens is 407 g/mol. The predicted molar refractivity (Wildman–Crippen MR) is 111 cm³/mol. The van der Waals surface area contributed by atoms with Gasteiger partial charge in [-0.15, -0.1) is 0 Å². The lowest BCUT2D eigenvalue weighted by atomic mass is 10.1. The van der Waals surface area contributed by atoms with Crippen molar-refractivity contribution in [3.63, 3.8) is 0 Å². The lowest BCUT2D eigenvalue weighted by Crippen LogP contribution is -2.18. The van der Waals surface area contributed by atoms with Crippen LogP contribution in [0.15, 0.2) is 59.6 Å². The zero-order chi connectivity index (χ0) is 21.7. The molecule has 0 saturated carbocycles. The molecule has 0 spiro atoms. The van der Waals surface area contributed by atoms with E-state index < -0.39 is 15.9 Å². The number of benzene rings is 2. The summed E-state index contributed by atoms with van der Waals surface area (Å²) in [5.41, 5.74) is 1.41. The van der Waals surface area contributed by atoms with Gasteiger partial charge < -0.3 is 13.5 Å². The molecule has 0 aliphatic carbocycles. The molecule has 3 aromatic rings. The van der Waals surface area contributed by atoms with E-state index in [-0.39, 0.29) is 23.3 Å². The molecule has 6 nitrogen and oxygen atoms in total. The van der Waals surface area contributed by atoms with Gasteiger partial charge in [-0.2, -0.15) is 8.42 Å². The molecular formula is C22H25FN2O4S. The Morgan fingerprint density at radius 1 is 1.07 bits per heavy atom. The Kier molecular flexibility index (Phi) is 6.89. The van der Waals surface area contributed by atoms with Crippen molar-refractivity contribution in [1.29, 1.82) is 0 Å². The average Bonchev–Trinajstić information content (AvgIpc) is 3.08. The molecule has 0 unspecified atom stereocenters. The van der Waals surface area contributed by atoms with Crippen LogP contribution in [-0.4, -0.2) is 18.0 Å². The van der Waals surface area contributed by atoms with Crippen LogP contribution in [0.2, 0.25) is 0 Å². The van der Waals surface area contributed by atoms with Gasteiger partial charge in [-0.05, 0) is 30.5 Å². The van der Waals surface area contributed by atoms with Crippen molar-refractivity contribution < 1.29 is 21.7 Å². The van der Waals surface area contributed by atoms with Crippen LogP contribution in [0.1, 0.15) is 43.8 Å². The first-order valence-electron chi connectivity index (χ1n) is 9.72. The Labute approximate surface area is 176 Å². The van der Waals surface area contributed by atoms with Crippen LogP contribution in [0.3, 0.4) is 0 Å². The maximum Gasteiger partial charge on any atom is 0.357 e. The fourth-order valence-electron chi connectivity index (χ4n) is 3.10.